The summed E-state index contributed by atoms with van der Waals surface area (Å²) >= 11 is 0. The van der Waals surface area contributed by atoms with Gasteiger partial charge in [-0.2, -0.15) is 0 Å². The Morgan fingerprint density at radius 3 is 2.86 bits per heavy atom. The standard InChI is InChI=1S/C16H26N2O3/c1-4-6-16(20)18-13-7-8-15(19)14(11-13)12(2)17-9-5-10-21-3/h7-8,11-12,17,19H,4-6,9-10H2,1-3H3,(H,18,20). The van der Waals surface area contributed by atoms with Crippen LogP contribution in [0, 0.1) is 0 Å². The van der Waals surface area contributed by atoms with Gasteiger partial charge in [-0.1, -0.05) is 6.92 Å². The first-order valence-electron chi connectivity index (χ1n) is 7.43. The van der Waals surface area contributed by atoms with Gasteiger partial charge in [0.15, 0.2) is 0 Å². The molecule has 0 aliphatic carbocycles. The second-order valence-electron chi connectivity index (χ2n) is 5.09. The van der Waals surface area contributed by atoms with Gasteiger partial charge in [-0.15, -0.1) is 0 Å². The normalized spacial score (nSPS) is 12.1. The lowest BCUT2D eigenvalue weighted by molar-refractivity contribution is -0.116. The average Bonchev–Trinajstić information content (AvgIpc) is 2.45. The van der Waals surface area contributed by atoms with E-state index in [1.165, 1.54) is 0 Å². The van der Waals surface area contributed by atoms with Gasteiger partial charge >= 0.3 is 0 Å². The van der Waals surface area contributed by atoms with Crippen LogP contribution in [-0.2, 0) is 9.53 Å². The topological polar surface area (TPSA) is 70.6 Å². The van der Waals surface area contributed by atoms with Crippen molar-refractivity contribution in [2.75, 3.05) is 25.6 Å². The molecule has 118 valence electrons. The van der Waals surface area contributed by atoms with Crippen LogP contribution in [-0.4, -0.2) is 31.3 Å². The van der Waals surface area contributed by atoms with Crippen LogP contribution in [0.15, 0.2) is 18.2 Å². The van der Waals surface area contributed by atoms with Crippen molar-refractivity contribution in [2.24, 2.45) is 0 Å². The maximum atomic E-state index is 11.6. The minimum absolute atomic E-state index is 0.00452. The molecule has 0 fully saturated rings. The number of phenols is 1. The summed E-state index contributed by atoms with van der Waals surface area (Å²) in [5.41, 5.74) is 1.49. The molecule has 0 radical (unpaired) electrons. The van der Waals surface area contributed by atoms with Crippen molar-refractivity contribution >= 4 is 11.6 Å². The summed E-state index contributed by atoms with van der Waals surface area (Å²) in [6.07, 6.45) is 2.23. The molecule has 1 atom stereocenters. The van der Waals surface area contributed by atoms with Gasteiger partial charge in [0, 0.05) is 37.4 Å². The lowest BCUT2D eigenvalue weighted by Gasteiger charge is -2.17. The number of hydrogen-bond acceptors (Lipinski definition) is 4. The second kappa shape index (κ2) is 9.37. The molecule has 0 saturated heterocycles. The Morgan fingerprint density at radius 2 is 2.19 bits per heavy atom. The molecule has 0 bridgehead atoms. The molecular weight excluding hydrogens is 268 g/mol. The zero-order valence-electron chi connectivity index (χ0n) is 13.1. The molecule has 5 heteroatoms. The number of carbonyl (C=O) groups excluding carboxylic acids is 1. The zero-order chi connectivity index (χ0) is 15.7. The number of methoxy groups -OCH3 is 1. The highest BCUT2D eigenvalue weighted by Gasteiger charge is 2.11. The maximum absolute atomic E-state index is 11.6. The van der Waals surface area contributed by atoms with Crippen molar-refractivity contribution in [2.45, 2.75) is 39.2 Å². The molecule has 1 aromatic rings. The first kappa shape index (κ1) is 17.5. The Balaban J connectivity index is 2.65. The summed E-state index contributed by atoms with van der Waals surface area (Å²) in [6, 6.07) is 5.15. The van der Waals surface area contributed by atoms with E-state index in [1.54, 1.807) is 19.2 Å². The fourth-order valence-electron chi connectivity index (χ4n) is 2.07. The van der Waals surface area contributed by atoms with Crippen LogP contribution in [0.4, 0.5) is 5.69 Å². The van der Waals surface area contributed by atoms with E-state index in [-0.39, 0.29) is 17.7 Å². The number of rotatable bonds is 9. The van der Waals surface area contributed by atoms with Crippen molar-refractivity contribution in [3.05, 3.63) is 23.8 Å². The summed E-state index contributed by atoms with van der Waals surface area (Å²) in [5, 5.41) is 16.1. The van der Waals surface area contributed by atoms with Gasteiger partial charge in [0.2, 0.25) is 5.91 Å². The van der Waals surface area contributed by atoms with E-state index < -0.39 is 0 Å². The van der Waals surface area contributed by atoms with Gasteiger partial charge < -0.3 is 20.5 Å². The smallest absolute Gasteiger partial charge is 0.224 e. The van der Waals surface area contributed by atoms with Crippen LogP contribution >= 0.6 is 0 Å². The number of carbonyl (C=O) groups is 1. The van der Waals surface area contributed by atoms with Crippen molar-refractivity contribution in [1.82, 2.24) is 5.32 Å². The van der Waals surface area contributed by atoms with E-state index >= 15 is 0 Å². The fraction of sp³-hybridized carbons (Fsp3) is 0.562. The van der Waals surface area contributed by atoms with E-state index in [0.29, 0.717) is 18.7 Å². The van der Waals surface area contributed by atoms with Gasteiger partial charge in [-0.05, 0) is 44.5 Å². The number of hydrogen-bond donors (Lipinski definition) is 3. The lowest BCUT2D eigenvalue weighted by atomic mass is 10.1. The SMILES string of the molecule is CCCC(=O)Nc1ccc(O)c(C(C)NCCCOC)c1. The quantitative estimate of drug-likeness (QED) is 0.484. The van der Waals surface area contributed by atoms with Crippen LogP contribution < -0.4 is 10.6 Å². The number of benzene rings is 1. The van der Waals surface area contributed by atoms with Gasteiger partial charge in [0.1, 0.15) is 5.75 Å². The minimum Gasteiger partial charge on any atom is -0.508 e. The number of phenolic OH excluding ortho intramolecular Hbond substituents is 1. The average molecular weight is 294 g/mol. The fourth-order valence-corrected chi connectivity index (χ4v) is 2.07. The van der Waals surface area contributed by atoms with Gasteiger partial charge in [0.25, 0.3) is 0 Å². The molecule has 1 rings (SSSR count). The maximum Gasteiger partial charge on any atom is 0.224 e. The van der Waals surface area contributed by atoms with Crippen LogP contribution in [0.3, 0.4) is 0 Å². The van der Waals surface area contributed by atoms with E-state index in [0.717, 1.165) is 24.9 Å². The molecule has 0 heterocycles. The number of anilines is 1. The highest BCUT2D eigenvalue weighted by molar-refractivity contribution is 5.90. The Morgan fingerprint density at radius 1 is 1.43 bits per heavy atom. The van der Waals surface area contributed by atoms with E-state index in [2.05, 4.69) is 10.6 Å². The number of ether oxygens (including phenoxy) is 1. The molecule has 0 aliphatic rings. The molecule has 0 aliphatic heterocycles. The minimum atomic E-state index is -0.00477. The molecule has 1 unspecified atom stereocenters. The predicted octanol–water partition coefficient (Wildman–Crippen LogP) is 2.82. The third-order valence-electron chi connectivity index (χ3n) is 3.23. The lowest BCUT2D eigenvalue weighted by Crippen LogP contribution is -2.21. The molecule has 5 nitrogen and oxygen atoms in total. The van der Waals surface area contributed by atoms with Crippen LogP contribution in [0.2, 0.25) is 0 Å². The van der Waals surface area contributed by atoms with Gasteiger partial charge in [-0.25, -0.2) is 0 Å². The van der Waals surface area contributed by atoms with Crippen molar-refractivity contribution < 1.29 is 14.6 Å². The Labute approximate surface area is 126 Å². The Bertz CT molecular complexity index is 449. The van der Waals surface area contributed by atoms with E-state index in [9.17, 15) is 9.90 Å². The molecule has 21 heavy (non-hydrogen) atoms. The molecule has 0 spiro atoms. The Kier molecular flexibility index (Phi) is 7.79. The molecular formula is C16H26N2O3. The van der Waals surface area contributed by atoms with Crippen molar-refractivity contribution in [3.8, 4) is 5.75 Å². The summed E-state index contributed by atoms with van der Waals surface area (Å²) in [7, 11) is 1.68. The third kappa shape index (κ3) is 6.14. The third-order valence-corrected chi connectivity index (χ3v) is 3.23. The van der Waals surface area contributed by atoms with Crippen LogP contribution in [0.5, 0.6) is 5.75 Å². The first-order valence-corrected chi connectivity index (χ1v) is 7.43. The number of nitrogens with one attached hydrogen (secondary N) is 2. The second-order valence-corrected chi connectivity index (χ2v) is 5.09. The van der Waals surface area contributed by atoms with Crippen molar-refractivity contribution in [3.63, 3.8) is 0 Å². The molecule has 3 N–H and O–H groups in total. The summed E-state index contributed by atoms with van der Waals surface area (Å²) in [4.78, 5) is 11.6. The predicted molar refractivity (Wildman–Crippen MR) is 84.6 cm³/mol. The first-order chi connectivity index (χ1) is 10.1. The van der Waals surface area contributed by atoms with Gasteiger partial charge in [-0.3, -0.25) is 4.79 Å². The summed E-state index contributed by atoms with van der Waals surface area (Å²) in [5.74, 6) is 0.227. The highest BCUT2D eigenvalue weighted by Crippen LogP contribution is 2.27. The molecule has 0 aromatic heterocycles. The molecule has 0 saturated carbocycles. The van der Waals surface area contributed by atoms with Crippen LogP contribution in [0.25, 0.3) is 0 Å². The van der Waals surface area contributed by atoms with E-state index in [4.69, 9.17) is 4.74 Å². The largest absolute Gasteiger partial charge is 0.508 e. The van der Waals surface area contributed by atoms with E-state index in [1.807, 2.05) is 19.9 Å². The molecule has 1 aromatic carbocycles. The monoisotopic (exact) mass is 294 g/mol. The highest BCUT2D eigenvalue weighted by atomic mass is 16.5. The van der Waals surface area contributed by atoms with Crippen molar-refractivity contribution in [1.29, 1.82) is 0 Å². The Hall–Kier alpha value is -1.59. The molecule has 1 amide bonds. The van der Waals surface area contributed by atoms with Gasteiger partial charge in [0.05, 0.1) is 0 Å². The summed E-state index contributed by atoms with van der Waals surface area (Å²) < 4.78 is 5.00. The number of aromatic hydroxyl groups is 1. The zero-order valence-corrected chi connectivity index (χ0v) is 13.1. The summed E-state index contributed by atoms with van der Waals surface area (Å²) in [6.45, 7) is 5.47. The van der Waals surface area contributed by atoms with Crippen LogP contribution in [0.1, 0.15) is 44.7 Å². The number of amides is 1.